The molecular weight excluding hydrogens is 486 g/mol. The Morgan fingerprint density at radius 2 is 1.95 bits per heavy atom. The van der Waals surface area contributed by atoms with Gasteiger partial charge in [0.1, 0.15) is 17.6 Å². The SMILES string of the molecule is Cc1cccnc1C(=O)NC1(C)CCN(c2ccc(-c3cc(C#CC(C)C)cn4ncc(C#N)c34)cn2)CC1. The number of carbonyl (C=O) groups is 1. The third-order valence-corrected chi connectivity index (χ3v) is 7.13. The predicted molar refractivity (Wildman–Crippen MR) is 151 cm³/mol. The number of aryl methyl sites for hydroxylation is 1. The number of nitriles is 1. The van der Waals surface area contributed by atoms with E-state index in [1.54, 1.807) is 16.9 Å². The minimum absolute atomic E-state index is 0.130. The van der Waals surface area contributed by atoms with E-state index in [0.29, 0.717) is 11.3 Å². The third-order valence-electron chi connectivity index (χ3n) is 7.13. The van der Waals surface area contributed by atoms with Gasteiger partial charge in [-0.2, -0.15) is 10.4 Å². The van der Waals surface area contributed by atoms with Crippen LogP contribution < -0.4 is 10.2 Å². The number of hydrogen-bond donors (Lipinski definition) is 1. The molecule has 1 aliphatic rings. The highest BCUT2D eigenvalue weighted by molar-refractivity contribution is 5.94. The molecular formula is C31H31N7O. The van der Waals surface area contributed by atoms with Gasteiger partial charge in [-0.3, -0.25) is 9.78 Å². The molecule has 0 radical (unpaired) electrons. The molecule has 1 saturated heterocycles. The number of rotatable bonds is 4. The van der Waals surface area contributed by atoms with Gasteiger partial charge in [0, 0.05) is 59.8 Å². The van der Waals surface area contributed by atoms with Crippen LogP contribution in [-0.4, -0.2) is 44.1 Å². The second-order valence-electron chi connectivity index (χ2n) is 10.6. The quantitative estimate of drug-likeness (QED) is 0.392. The Labute approximate surface area is 228 Å². The molecule has 0 saturated carbocycles. The molecule has 39 heavy (non-hydrogen) atoms. The number of amides is 1. The number of aromatic nitrogens is 4. The molecule has 0 unspecified atom stereocenters. The molecule has 1 amide bonds. The van der Waals surface area contributed by atoms with Crippen LogP contribution in [0.3, 0.4) is 0 Å². The molecule has 0 aliphatic carbocycles. The lowest BCUT2D eigenvalue weighted by atomic mass is 9.89. The van der Waals surface area contributed by atoms with Crippen LogP contribution in [-0.2, 0) is 0 Å². The lowest BCUT2D eigenvalue weighted by molar-refractivity contribution is 0.0885. The van der Waals surface area contributed by atoms with Crippen LogP contribution in [0.4, 0.5) is 5.82 Å². The maximum absolute atomic E-state index is 12.8. The maximum atomic E-state index is 12.8. The summed E-state index contributed by atoms with van der Waals surface area (Å²) in [4.78, 5) is 24.1. The van der Waals surface area contributed by atoms with E-state index in [1.807, 2.05) is 49.6 Å². The van der Waals surface area contributed by atoms with E-state index in [1.165, 1.54) is 0 Å². The van der Waals surface area contributed by atoms with Crippen LogP contribution in [0.15, 0.2) is 55.1 Å². The lowest BCUT2D eigenvalue weighted by Crippen LogP contribution is -2.53. The van der Waals surface area contributed by atoms with Crippen molar-refractivity contribution in [1.29, 1.82) is 5.26 Å². The molecule has 4 aromatic heterocycles. The smallest absolute Gasteiger partial charge is 0.270 e. The van der Waals surface area contributed by atoms with E-state index >= 15 is 0 Å². The monoisotopic (exact) mass is 517 g/mol. The van der Waals surface area contributed by atoms with E-state index in [9.17, 15) is 10.1 Å². The van der Waals surface area contributed by atoms with E-state index in [4.69, 9.17) is 4.98 Å². The van der Waals surface area contributed by atoms with Crippen LogP contribution in [0.2, 0.25) is 0 Å². The molecule has 196 valence electrons. The van der Waals surface area contributed by atoms with Crippen molar-refractivity contribution in [3.63, 3.8) is 0 Å². The van der Waals surface area contributed by atoms with Gasteiger partial charge < -0.3 is 10.2 Å². The molecule has 8 nitrogen and oxygen atoms in total. The van der Waals surface area contributed by atoms with Crippen molar-refractivity contribution in [1.82, 2.24) is 24.9 Å². The summed E-state index contributed by atoms with van der Waals surface area (Å²) in [6, 6.07) is 12.0. The van der Waals surface area contributed by atoms with E-state index in [-0.39, 0.29) is 17.4 Å². The van der Waals surface area contributed by atoms with Crippen molar-refractivity contribution in [2.24, 2.45) is 5.92 Å². The number of fused-ring (bicyclic) bond motifs is 1. The summed E-state index contributed by atoms with van der Waals surface area (Å²) in [7, 11) is 0. The molecule has 0 spiro atoms. The minimum atomic E-state index is -0.309. The maximum Gasteiger partial charge on any atom is 0.270 e. The summed E-state index contributed by atoms with van der Waals surface area (Å²) in [6.45, 7) is 9.64. The summed E-state index contributed by atoms with van der Waals surface area (Å²) in [5.74, 6) is 7.41. The van der Waals surface area contributed by atoms with Crippen LogP contribution in [0.1, 0.15) is 60.8 Å². The summed E-state index contributed by atoms with van der Waals surface area (Å²) < 4.78 is 1.72. The van der Waals surface area contributed by atoms with Crippen molar-refractivity contribution in [3.05, 3.63) is 77.5 Å². The highest BCUT2D eigenvalue weighted by Gasteiger charge is 2.32. The number of nitrogens with zero attached hydrogens (tertiary/aromatic N) is 6. The largest absolute Gasteiger partial charge is 0.356 e. The Bertz CT molecular complexity index is 1630. The van der Waals surface area contributed by atoms with Crippen molar-refractivity contribution in [2.75, 3.05) is 18.0 Å². The number of piperidine rings is 1. The summed E-state index contributed by atoms with van der Waals surface area (Å²) in [5, 5.41) is 17.2. The Kier molecular flexibility index (Phi) is 7.04. The second-order valence-corrected chi connectivity index (χ2v) is 10.6. The molecule has 0 atom stereocenters. The van der Waals surface area contributed by atoms with E-state index in [0.717, 1.165) is 59.5 Å². The third kappa shape index (κ3) is 5.46. The average Bonchev–Trinajstić information content (AvgIpc) is 3.35. The minimum Gasteiger partial charge on any atom is -0.356 e. The summed E-state index contributed by atoms with van der Waals surface area (Å²) >= 11 is 0. The van der Waals surface area contributed by atoms with Crippen molar-refractivity contribution >= 4 is 17.2 Å². The van der Waals surface area contributed by atoms with Gasteiger partial charge in [-0.15, -0.1) is 0 Å². The first kappa shape index (κ1) is 25.9. The number of carbonyl (C=O) groups excluding carboxylic acids is 1. The average molecular weight is 518 g/mol. The first-order valence-corrected chi connectivity index (χ1v) is 13.1. The zero-order valence-corrected chi connectivity index (χ0v) is 22.7. The standard InChI is InChI=1S/C31H31N7O/c1-21(2)7-8-23-16-26(29-25(17-32)19-35-38(29)20-23)24-9-10-27(34-18-24)37-14-11-31(4,12-15-37)36-30(39)28-22(3)6-5-13-33-28/h5-6,9-10,13,16,18-21H,11-12,14-15H2,1-4H3,(H,36,39). The predicted octanol–water partition coefficient (Wildman–Crippen LogP) is 4.77. The molecule has 1 aliphatic heterocycles. The molecule has 1 N–H and O–H groups in total. The van der Waals surface area contributed by atoms with Gasteiger partial charge in [0.25, 0.3) is 5.91 Å². The van der Waals surface area contributed by atoms with Gasteiger partial charge in [0.2, 0.25) is 0 Å². The fraction of sp³-hybridized carbons (Fsp3) is 0.323. The Morgan fingerprint density at radius 1 is 1.15 bits per heavy atom. The highest BCUT2D eigenvalue weighted by atomic mass is 16.2. The van der Waals surface area contributed by atoms with E-state index < -0.39 is 0 Å². The molecule has 1 fully saturated rings. The Morgan fingerprint density at radius 3 is 2.62 bits per heavy atom. The molecule has 0 aromatic carbocycles. The van der Waals surface area contributed by atoms with Gasteiger partial charge >= 0.3 is 0 Å². The van der Waals surface area contributed by atoms with Gasteiger partial charge in [-0.05, 0) is 56.5 Å². The fourth-order valence-electron chi connectivity index (χ4n) is 4.86. The van der Waals surface area contributed by atoms with Gasteiger partial charge in [-0.25, -0.2) is 9.50 Å². The van der Waals surface area contributed by atoms with Crippen molar-refractivity contribution in [2.45, 2.75) is 46.1 Å². The zero-order valence-electron chi connectivity index (χ0n) is 22.7. The summed E-state index contributed by atoms with van der Waals surface area (Å²) in [6.07, 6.45) is 8.53. The van der Waals surface area contributed by atoms with Gasteiger partial charge in [0.15, 0.2) is 0 Å². The topological polar surface area (TPSA) is 99.2 Å². The Balaban J connectivity index is 1.34. The first-order valence-electron chi connectivity index (χ1n) is 13.1. The van der Waals surface area contributed by atoms with Crippen LogP contribution >= 0.6 is 0 Å². The fourth-order valence-corrected chi connectivity index (χ4v) is 4.86. The zero-order chi connectivity index (χ0) is 27.6. The van der Waals surface area contributed by atoms with E-state index in [2.05, 4.69) is 59.0 Å². The number of nitrogens with one attached hydrogen (secondary N) is 1. The molecule has 0 bridgehead atoms. The van der Waals surface area contributed by atoms with Crippen LogP contribution in [0.25, 0.3) is 16.6 Å². The van der Waals surface area contributed by atoms with Crippen LogP contribution in [0, 0.1) is 36.0 Å². The Hall–Kier alpha value is -4.69. The molecule has 4 aromatic rings. The van der Waals surface area contributed by atoms with Gasteiger partial charge in [0.05, 0.1) is 17.3 Å². The lowest BCUT2D eigenvalue weighted by Gasteiger charge is -2.40. The van der Waals surface area contributed by atoms with Gasteiger partial charge in [-0.1, -0.05) is 31.8 Å². The number of pyridine rings is 3. The molecule has 5 heterocycles. The van der Waals surface area contributed by atoms with Crippen LogP contribution in [0.5, 0.6) is 0 Å². The van der Waals surface area contributed by atoms with Crippen molar-refractivity contribution in [3.8, 4) is 29.0 Å². The van der Waals surface area contributed by atoms with Crippen molar-refractivity contribution < 1.29 is 4.79 Å². The second kappa shape index (κ2) is 10.6. The molecule has 8 heteroatoms. The number of hydrogen-bond acceptors (Lipinski definition) is 6. The first-order chi connectivity index (χ1) is 18.8. The molecule has 5 rings (SSSR count). The highest BCUT2D eigenvalue weighted by Crippen LogP contribution is 2.30. The number of anilines is 1. The summed E-state index contributed by atoms with van der Waals surface area (Å²) in [5.41, 5.74) is 4.89. The normalized spacial score (nSPS) is 14.5.